The lowest BCUT2D eigenvalue weighted by atomic mass is 9.72. The standard InChI is InChI=1S/C18H23Cl2NO4/c1-11(2)6-8-18(17(24)25)10-21(9-7-14(18)22)16(23)12-4-3-5-13(19)15(12)20/h3-5,11,14,22H,6-10H2,1-2H3,(H,24,25)/t14-,18-/m1/s1. The third-order valence-electron chi connectivity index (χ3n) is 4.85. The Morgan fingerprint density at radius 1 is 1.36 bits per heavy atom. The maximum atomic E-state index is 12.8. The molecule has 1 amide bonds. The molecule has 1 heterocycles. The fourth-order valence-electron chi connectivity index (χ4n) is 3.20. The molecule has 7 heteroatoms. The van der Waals surface area contributed by atoms with Crippen molar-refractivity contribution in [3.05, 3.63) is 33.8 Å². The molecule has 1 saturated heterocycles. The van der Waals surface area contributed by atoms with Gasteiger partial charge in [0.2, 0.25) is 0 Å². The predicted molar refractivity (Wildman–Crippen MR) is 97.1 cm³/mol. The first-order valence-electron chi connectivity index (χ1n) is 8.34. The van der Waals surface area contributed by atoms with Crippen molar-refractivity contribution in [1.82, 2.24) is 4.90 Å². The van der Waals surface area contributed by atoms with Crippen LogP contribution in [-0.2, 0) is 4.79 Å². The van der Waals surface area contributed by atoms with Gasteiger partial charge in [0.15, 0.2) is 0 Å². The number of carbonyl (C=O) groups excluding carboxylic acids is 1. The van der Waals surface area contributed by atoms with Gasteiger partial charge in [-0.15, -0.1) is 0 Å². The summed E-state index contributed by atoms with van der Waals surface area (Å²) in [5.74, 6) is -1.14. The summed E-state index contributed by atoms with van der Waals surface area (Å²) < 4.78 is 0. The van der Waals surface area contributed by atoms with Crippen LogP contribution < -0.4 is 0 Å². The molecule has 0 spiro atoms. The van der Waals surface area contributed by atoms with E-state index in [2.05, 4.69) is 0 Å². The number of aliphatic carboxylic acids is 1. The topological polar surface area (TPSA) is 77.8 Å². The molecule has 0 aromatic heterocycles. The lowest BCUT2D eigenvalue weighted by Gasteiger charge is -2.43. The van der Waals surface area contributed by atoms with E-state index >= 15 is 0 Å². The summed E-state index contributed by atoms with van der Waals surface area (Å²) in [5, 5.41) is 20.6. The molecule has 25 heavy (non-hydrogen) atoms. The number of amides is 1. The van der Waals surface area contributed by atoms with Crippen molar-refractivity contribution in [1.29, 1.82) is 0 Å². The molecule has 1 aromatic carbocycles. The highest BCUT2D eigenvalue weighted by Crippen LogP contribution is 2.38. The van der Waals surface area contributed by atoms with Crippen LogP contribution in [-0.4, -0.2) is 46.2 Å². The Morgan fingerprint density at radius 2 is 2.04 bits per heavy atom. The Balaban J connectivity index is 2.30. The van der Waals surface area contributed by atoms with E-state index in [-0.39, 0.29) is 41.0 Å². The first-order valence-corrected chi connectivity index (χ1v) is 9.09. The molecule has 0 saturated carbocycles. The summed E-state index contributed by atoms with van der Waals surface area (Å²) in [6.45, 7) is 4.23. The number of hydrogen-bond donors (Lipinski definition) is 2. The first kappa shape index (κ1) is 20.0. The Bertz CT molecular complexity index is 664. The van der Waals surface area contributed by atoms with E-state index in [1.54, 1.807) is 18.2 Å². The van der Waals surface area contributed by atoms with Gasteiger partial charge in [-0.25, -0.2) is 0 Å². The number of carboxylic acids is 1. The number of aliphatic hydroxyl groups is 1. The molecular weight excluding hydrogens is 365 g/mol. The molecule has 138 valence electrons. The molecule has 1 aliphatic heterocycles. The number of aliphatic hydroxyl groups excluding tert-OH is 1. The second kappa shape index (κ2) is 7.94. The van der Waals surface area contributed by atoms with E-state index in [0.717, 1.165) is 0 Å². The highest BCUT2D eigenvalue weighted by molar-refractivity contribution is 6.43. The molecule has 2 rings (SSSR count). The van der Waals surface area contributed by atoms with Gasteiger partial charge in [-0.1, -0.05) is 43.1 Å². The number of likely N-dealkylation sites (tertiary alicyclic amines) is 1. The molecule has 0 unspecified atom stereocenters. The highest BCUT2D eigenvalue weighted by Gasteiger charge is 2.50. The quantitative estimate of drug-likeness (QED) is 0.806. The largest absolute Gasteiger partial charge is 0.481 e. The van der Waals surface area contributed by atoms with Crippen molar-refractivity contribution in [2.75, 3.05) is 13.1 Å². The van der Waals surface area contributed by atoms with Crippen LogP contribution in [0.4, 0.5) is 0 Å². The number of carboxylic acid groups (broad SMARTS) is 1. The van der Waals surface area contributed by atoms with Crippen molar-refractivity contribution in [3.8, 4) is 0 Å². The van der Waals surface area contributed by atoms with Crippen LogP contribution in [0.3, 0.4) is 0 Å². The van der Waals surface area contributed by atoms with Crippen LogP contribution in [0.25, 0.3) is 0 Å². The van der Waals surface area contributed by atoms with Crippen molar-refractivity contribution in [3.63, 3.8) is 0 Å². The molecular formula is C18H23Cl2NO4. The number of carbonyl (C=O) groups is 2. The fraction of sp³-hybridized carbons (Fsp3) is 0.556. The van der Waals surface area contributed by atoms with Gasteiger partial charge >= 0.3 is 5.97 Å². The number of rotatable bonds is 5. The van der Waals surface area contributed by atoms with Crippen molar-refractivity contribution in [2.45, 2.75) is 39.2 Å². The van der Waals surface area contributed by atoms with Crippen LogP contribution in [0.2, 0.25) is 10.0 Å². The average molecular weight is 388 g/mol. The third-order valence-corrected chi connectivity index (χ3v) is 5.67. The molecule has 2 atom stereocenters. The van der Waals surface area contributed by atoms with Crippen LogP contribution in [0.5, 0.6) is 0 Å². The van der Waals surface area contributed by atoms with Gasteiger partial charge in [0.25, 0.3) is 5.91 Å². The predicted octanol–water partition coefficient (Wildman–Crippen LogP) is 3.71. The summed E-state index contributed by atoms with van der Waals surface area (Å²) in [7, 11) is 0. The van der Waals surface area contributed by atoms with Gasteiger partial charge in [-0.3, -0.25) is 9.59 Å². The fourth-order valence-corrected chi connectivity index (χ4v) is 3.58. The second-order valence-electron chi connectivity index (χ2n) is 7.03. The normalized spacial score (nSPS) is 23.8. The smallest absolute Gasteiger partial charge is 0.314 e. The molecule has 0 radical (unpaired) electrons. The molecule has 2 N–H and O–H groups in total. The second-order valence-corrected chi connectivity index (χ2v) is 7.81. The van der Waals surface area contributed by atoms with E-state index in [1.165, 1.54) is 4.90 Å². The monoisotopic (exact) mass is 387 g/mol. The molecule has 0 bridgehead atoms. The SMILES string of the molecule is CC(C)CC[C@@]1(C(=O)O)CN(C(=O)c2cccc(Cl)c2Cl)CC[C@H]1O. The summed E-state index contributed by atoms with van der Waals surface area (Å²) in [4.78, 5) is 26.3. The highest BCUT2D eigenvalue weighted by atomic mass is 35.5. The zero-order valence-electron chi connectivity index (χ0n) is 14.3. The molecule has 1 aromatic rings. The Hall–Kier alpha value is -1.30. The van der Waals surface area contributed by atoms with Crippen molar-refractivity contribution in [2.24, 2.45) is 11.3 Å². The van der Waals surface area contributed by atoms with Crippen LogP contribution in [0.15, 0.2) is 18.2 Å². The number of nitrogens with zero attached hydrogens (tertiary/aromatic N) is 1. The van der Waals surface area contributed by atoms with Gasteiger partial charge < -0.3 is 15.1 Å². The lowest BCUT2D eigenvalue weighted by Crippen LogP contribution is -2.57. The molecule has 1 aliphatic rings. The number of halogens is 2. The summed E-state index contributed by atoms with van der Waals surface area (Å²) >= 11 is 12.1. The van der Waals surface area contributed by atoms with Gasteiger partial charge in [0.1, 0.15) is 5.41 Å². The Kier molecular flexibility index (Phi) is 6.35. The van der Waals surface area contributed by atoms with E-state index in [0.29, 0.717) is 18.8 Å². The maximum Gasteiger partial charge on any atom is 0.314 e. The van der Waals surface area contributed by atoms with Gasteiger partial charge in [0, 0.05) is 13.1 Å². The number of benzene rings is 1. The number of piperidine rings is 1. The van der Waals surface area contributed by atoms with Crippen molar-refractivity contribution >= 4 is 35.1 Å². The molecule has 5 nitrogen and oxygen atoms in total. The van der Waals surface area contributed by atoms with E-state index < -0.39 is 17.5 Å². The van der Waals surface area contributed by atoms with Gasteiger partial charge in [-0.05, 0) is 37.3 Å². The third kappa shape index (κ3) is 4.10. The lowest BCUT2D eigenvalue weighted by molar-refractivity contribution is -0.163. The van der Waals surface area contributed by atoms with E-state index in [1.807, 2.05) is 13.8 Å². The molecule has 1 fully saturated rings. The number of hydrogen-bond acceptors (Lipinski definition) is 3. The maximum absolute atomic E-state index is 12.8. The van der Waals surface area contributed by atoms with Crippen LogP contribution in [0, 0.1) is 11.3 Å². The average Bonchev–Trinajstić information content (AvgIpc) is 2.56. The zero-order chi connectivity index (χ0) is 18.8. The molecule has 0 aliphatic carbocycles. The minimum Gasteiger partial charge on any atom is -0.481 e. The first-order chi connectivity index (χ1) is 11.7. The van der Waals surface area contributed by atoms with Crippen molar-refractivity contribution < 1.29 is 19.8 Å². The zero-order valence-corrected chi connectivity index (χ0v) is 15.8. The summed E-state index contributed by atoms with van der Waals surface area (Å²) in [6.07, 6.45) is 0.203. The Labute approximate surface area is 157 Å². The van der Waals surface area contributed by atoms with Gasteiger partial charge in [-0.2, -0.15) is 0 Å². The Morgan fingerprint density at radius 3 is 2.64 bits per heavy atom. The summed E-state index contributed by atoms with van der Waals surface area (Å²) in [5.41, 5.74) is -1.11. The van der Waals surface area contributed by atoms with E-state index in [4.69, 9.17) is 23.2 Å². The minimum atomic E-state index is -1.36. The van der Waals surface area contributed by atoms with Gasteiger partial charge in [0.05, 0.1) is 21.7 Å². The minimum absolute atomic E-state index is 0.0438. The van der Waals surface area contributed by atoms with Crippen LogP contribution in [0.1, 0.15) is 43.5 Å². The van der Waals surface area contributed by atoms with Crippen LogP contribution >= 0.6 is 23.2 Å². The van der Waals surface area contributed by atoms with E-state index in [9.17, 15) is 19.8 Å². The summed E-state index contributed by atoms with van der Waals surface area (Å²) in [6, 6.07) is 4.78.